The quantitative estimate of drug-likeness (QED) is 0.402. The number of nitrogens with zero attached hydrogens (tertiary/aromatic N) is 4. The van der Waals surface area contributed by atoms with Gasteiger partial charge in [0.25, 0.3) is 0 Å². The zero-order valence-corrected chi connectivity index (χ0v) is 18.5. The molecule has 0 bridgehead atoms. The third-order valence-corrected chi connectivity index (χ3v) is 5.11. The molecule has 164 valence electrons. The molecular weight excluding hydrogens is 405 g/mol. The Morgan fingerprint density at radius 1 is 1.03 bits per heavy atom. The summed E-state index contributed by atoms with van der Waals surface area (Å²) in [7, 11) is 5.86. The SMILES string of the molecule is CNc1nc(-c2cccnc2)nc2c(OCCCN(C)C)cc(-c3ccccc3F)cc12. The van der Waals surface area contributed by atoms with E-state index in [1.54, 1.807) is 24.5 Å². The highest BCUT2D eigenvalue weighted by molar-refractivity contribution is 5.97. The molecule has 2 heterocycles. The fraction of sp³-hybridized carbons (Fsp3) is 0.240. The van der Waals surface area contributed by atoms with E-state index < -0.39 is 0 Å². The van der Waals surface area contributed by atoms with Gasteiger partial charge in [-0.2, -0.15) is 0 Å². The zero-order chi connectivity index (χ0) is 22.5. The molecule has 0 radical (unpaired) electrons. The van der Waals surface area contributed by atoms with Crippen LogP contribution in [0, 0.1) is 5.82 Å². The number of ether oxygens (including phenoxy) is 1. The molecule has 4 aromatic rings. The van der Waals surface area contributed by atoms with Gasteiger partial charge in [0.05, 0.1) is 6.61 Å². The van der Waals surface area contributed by atoms with E-state index in [0.29, 0.717) is 40.6 Å². The van der Waals surface area contributed by atoms with Gasteiger partial charge in [-0.1, -0.05) is 18.2 Å². The van der Waals surface area contributed by atoms with Crippen LogP contribution < -0.4 is 10.1 Å². The molecule has 0 aliphatic heterocycles. The summed E-state index contributed by atoms with van der Waals surface area (Å²) in [6, 6.07) is 14.2. The van der Waals surface area contributed by atoms with E-state index in [1.807, 2.05) is 51.5 Å². The predicted molar refractivity (Wildman–Crippen MR) is 126 cm³/mol. The summed E-state index contributed by atoms with van der Waals surface area (Å²) in [6.45, 7) is 1.43. The predicted octanol–water partition coefficient (Wildman–Crippen LogP) is 4.87. The van der Waals surface area contributed by atoms with Gasteiger partial charge in [-0.05, 0) is 56.4 Å². The third kappa shape index (κ3) is 4.68. The Morgan fingerprint density at radius 2 is 1.88 bits per heavy atom. The van der Waals surface area contributed by atoms with Gasteiger partial charge in [0.15, 0.2) is 5.82 Å². The van der Waals surface area contributed by atoms with Crippen LogP contribution in [0.3, 0.4) is 0 Å². The molecule has 0 saturated heterocycles. The van der Waals surface area contributed by atoms with E-state index in [9.17, 15) is 4.39 Å². The molecule has 0 aliphatic carbocycles. The first-order valence-electron chi connectivity index (χ1n) is 10.5. The number of halogens is 1. The lowest BCUT2D eigenvalue weighted by atomic mass is 10.0. The number of rotatable bonds is 8. The number of fused-ring (bicyclic) bond motifs is 1. The Labute approximate surface area is 187 Å². The number of nitrogens with one attached hydrogen (secondary N) is 1. The number of pyridine rings is 1. The molecule has 4 rings (SSSR count). The minimum absolute atomic E-state index is 0.288. The molecule has 1 N–H and O–H groups in total. The number of aromatic nitrogens is 3. The van der Waals surface area contributed by atoms with Crippen molar-refractivity contribution < 1.29 is 9.13 Å². The van der Waals surface area contributed by atoms with Crippen LogP contribution in [0.1, 0.15) is 6.42 Å². The molecule has 0 fully saturated rings. The maximum absolute atomic E-state index is 14.6. The number of hydrogen-bond donors (Lipinski definition) is 1. The fourth-order valence-electron chi connectivity index (χ4n) is 3.54. The summed E-state index contributed by atoms with van der Waals surface area (Å²) in [5, 5.41) is 3.92. The first kappa shape index (κ1) is 21.6. The van der Waals surface area contributed by atoms with E-state index in [2.05, 4.69) is 20.2 Å². The lowest BCUT2D eigenvalue weighted by Crippen LogP contribution is -2.15. The van der Waals surface area contributed by atoms with Gasteiger partial charge in [0.1, 0.15) is 22.9 Å². The summed E-state index contributed by atoms with van der Waals surface area (Å²) < 4.78 is 20.7. The largest absolute Gasteiger partial charge is 0.491 e. The van der Waals surface area contributed by atoms with Crippen molar-refractivity contribution in [2.45, 2.75) is 6.42 Å². The van der Waals surface area contributed by atoms with Crippen LogP contribution >= 0.6 is 0 Å². The van der Waals surface area contributed by atoms with Gasteiger partial charge in [-0.25, -0.2) is 14.4 Å². The maximum Gasteiger partial charge on any atom is 0.163 e. The molecule has 0 atom stereocenters. The third-order valence-electron chi connectivity index (χ3n) is 5.11. The molecule has 2 aromatic heterocycles. The highest BCUT2D eigenvalue weighted by Crippen LogP contribution is 2.36. The highest BCUT2D eigenvalue weighted by atomic mass is 19.1. The Kier molecular flexibility index (Phi) is 6.56. The van der Waals surface area contributed by atoms with Crippen molar-refractivity contribution in [3.63, 3.8) is 0 Å². The normalized spacial score (nSPS) is 11.2. The Hall–Kier alpha value is -3.58. The molecule has 6 nitrogen and oxygen atoms in total. The first-order valence-corrected chi connectivity index (χ1v) is 10.5. The van der Waals surface area contributed by atoms with E-state index in [-0.39, 0.29) is 5.82 Å². The average molecular weight is 432 g/mol. The van der Waals surface area contributed by atoms with Gasteiger partial charge in [0, 0.05) is 42.5 Å². The van der Waals surface area contributed by atoms with E-state index in [0.717, 1.165) is 23.9 Å². The number of hydrogen-bond acceptors (Lipinski definition) is 6. The number of benzene rings is 2. The topological polar surface area (TPSA) is 63.2 Å². The van der Waals surface area contributed by atoms with Crippen molar-refractivity contribution in [3.05, 3.63) is 66.7 Å². The summed E-state index contributed by atoms with van der Waals surface area (Å²) in [5.41, 5.74) is 2.70. The van der Waals surface area contributed by atoms with Crippen LogP contribution in [-0.2, 0) is 0 Å². The fourth-order valence-corrected chi connectivity index (χ4v) is 3.54. The smallest absolute Gasteiger partial charge is 0.163 e. The molecule has 32 heavy (non-hydrogen) atoms. The minimum atomic E-state index is -0.288. The molecular formula is C25H26FN5O. The second-order valence-corrected chi connectivity index (χ2v) is 7.74. The molecule has 0 amide bonds. The van der Waals surface area contributed by atoms with Crippen molar-refractivity contribution >= 4 is 16.7 Å². The average Bonchev–Trinajstić information content (AvgIpc) is 2.81. The zero-order valence-electron chi connectivity index (χ0n) is 18.5. The van der Waals surface area contributed by atoms with Crippen molar-refractivity contribution in [2.24, 2.45) is 0 Å². The maximum atomic E-state index is 14.6. The summed E-state index contributed by atoms with van der Waals surface area (Å²) in [6.07, 6.45) is 4.30. The molecule has 7 heteroatoms. The van der Waals surface area contributed by atoms with Gasteiger partial charge in [0.2, 0.25) is 0 Å². The van der Waals surface area contributed by atoms with Gasteiger partial charge >= 0.3 is 0 Å². The second-order valence-electron chi connectivity index (χ2n) is 7.74. The summed E-state index contributed by atoms with van der Waals surface area (Å²) in [4.78, 5) is 15.8. The van der Waals surface area contributed by atoms with Crippen LogP contribution in [0.4, 0.5) is 10.2 Å². The molecule has 0 spiro atoms. The summed E-state index contributed by atoms with van der Waals surface area (Å²) in [5.74, 6) is 1.50. The molecule has 0 unspecified atom stereocenters. The first-order chi connectivity index (χ1) is 15.6. The van der Waals surface area contributed by atoms with Gasteiger partial charge in [-0.15, -0.1) is 0 Å². The van der Waals surface area contributed by atoms with Gasteiger partial charge < -0.3 is 15.0 Å². The van der Waals surface area contributed by atoms with Gasteiger partial charge in [-0.3, -0.25) is 4.98 Å². The molecule has 0 saturated carbocycles. The minimum Gasteiger partial charge on any atom is -0.491 e. The summed E-state index contributed by atoms with van der Waals surface area (Å²) >= 11 is 0. The second kappa shape index (κ2) is 9.70. The van der Waals surface area contributed by atoms with Crippen LogP contribution in [0.25, 0.3) is 33.4 Å². The van der Waals surface area contributed by atoms with Crippen LogP contribution in [0.2, 0.25) is 0 Å². The van der Waals surface area contributed by atoms with Crippen molar-refractivity contribution in [3.8, 4) is 28.3 Å². The highest BCUT2D eigenvalue weighted by Gasteiger charge is 2.16. The van der Waals surface area contributed by atoms with Crippen LogP contribution in [0.15, 0.2) is 60.9 Å². The van der Waals surface area contributed by atoms with E-state index >= 15 is 0 Å². The van der Waals surface area contributed by atoms with Crippen molar-refractivity contribution in [1.82, 2.24) is 19.9 Å². The lowest BCUT2D eigenvalue weighted by molar-refractivity contribution is 0.284. The molecule has 0 aliphatic rings. The standard InChI is InChI=1S/C25H26FN5O/c1-27-25-20-14-18(19-9-4-5-10-21(19)26)15-22(32-13-7-12-31(2)3)23(20)29-24(30-25)17-8-6-11-28-16-17/h4-6,8-11,14-16H,7,12-13H2,1-3H3,(H,27,29,30). The van der Waals surface area contributed by atoms with Crippen LogP contribution in [-0.4, -0.2) is 54.1 Å². The van der Waals surface area contributed by atoms with Crippen LogP contribution in [0.5, 0.6) is 5.75 Å². The Bertz CT molecular complexity index is 1210. The Balaban J connectivity index is 1.87. The Morgan fingerprint density at radius 3 is 2.59 bits per heavy atom. The lowest BCUT2D eigenvalue weighted by Gasteiger charge is -2.16. The molecule has 2 aromatic carbocycles. The van der Waals surface area contributed by atoms with Crippen molar-refractivity contribution in [1.29, 1.82) is 0 Å². The van der Waals surface area contributed by atoms with E-state index in [1.165, 1.54) is 6.07 Å². The van der Waals surface area contributed by atoms with E-state index in [4.69, 9.17) is 9.72 Å². The van der Waals surface area contributed by atoms with Crippen molar-refractivity contribution in [2.75, 3.05) is 39.6 Å². The number of anilines is 1. The monoisotopic (exact) mass is 431 g/mol.